The van der Waals surface area contributed by atoms with Crippen LogP contribution < -0.4 is 10.2 Å². The highest BCUT2D eigenvalue weighted by atomic mass is 19.1. The number of aromatic amines is 1. The minimum Gasteiger partial charge on any atom is -0.371 e. The van der Waals surface area contributed by atoms with Crippen LogP contribution in [-0.2, 0) is 0 Å². The molecule has 3 aromatic rings. The molecule has 158 valence electrons. The Morgan fingerprint density at radius 2 is 1.90 bits per heavy atom. The van der Waals surface area contributed by atoms with Gasteiger partial charge in [0.2, 0.25) is 0 Å². The standard InChI is InChI=1S/C24H29FN4O/c1-16-8-9-20(25)19-15-21(27-22(16)19)23(30)26-17-6-5-7-18(14-17)29-12-10-24(2,11-13-29)28(3)4/h5-9,14-15,27H,10-13H2,1-4H3,(H,26,30). The average Bonchev–Trinajstić information content (AvgIpc) is 3.19. The van der Waals surface area contributed by atoms with Crippen LogP contribution in [-0.4, -0.2) is 48.5 Å². The summed E-state index contributed by atoms with van der Waals surface area (Å²) in [5.74, 6) is -0.608. The van der Waals surface area contributed by atoms with Gasteiger partial charge in [0, 0.05) is 35.4 Å². The molecule has 1 saturated heterocycles. The first-order chi connectivity index (χ1) is 14.3. The van der Waals surface area contributed by atoms with Crippen LogP contribution in [0.25, 0.3) is 10.9 Å². The molecular formula is C24H29FN4O. The van der Waals surface area contributed by atoms with Crippen LogP contribution in [0.1, 0.15) is 35.8 Å². The molecule has 2 N–H and O–H groups in total. The van der Waals surface area contributed by atoms with Crippen molar-refractivity contribution in [3.63, 3.8) is 0 Å². The first-order valence-electron chi connectivity index (χ1n) is 10.4. The number of benzene rings is 2. The number of fused-ring (bicyclic) bond motifs is 1. The summed E-state index contributed by atoms with van der Waals surface area (Å²) in [6.07, 6.45) is 2.19. The number of nitrogens with one attached hydrogen (secondary N) is 2. The number of piperidine rings is 1. The van der Waals surface area contributed by atoms with Crippen molar-refractivity contribution in [1.82, 2.24) is 9.88 Å². The molecular weight excluding hydrogens is 379 g/mol. The van der Waals surface area contributed by atoms with Crippen LogP contribution >= 0.6 is 0 Å². The minimum absolute atomic E-state index is 0.228. The highest BCUT2D eigenvalue weighted by Gasteiger charge is 2.31. The molecule has 1 aliphatic rings. The zero-order chi connectivity index (χ0) is 21.5. The number of rotatable bonds is 4. The number of anilines is 2. The predicted molar refractivity (Wildman–Crippen MR) is 121 cm³/mol. The van der Waals surface area contributed by atoms with Crippen molar-refractivity contribution in [2.75, 3.05) is 37.4 Å². The Morgan fingerprint density at radius 1 is 1.17 bits per heavy atom. The maximum atomic E-state index is 14.1. The summed E-state index contributed by atoms with van der Waals surface area (Å²) in [5.41, 5.74) is 3.98. The predicted octanol–water partition coefficient (Wildman–Crippen LogP) is 4.79. The van der Waals surface area contributed by atoms with Crippen LogP contribution in [0.15, 0.2) is 42.5 Å². The zero-order valence-electron chi connectivity index (χ0n) is 18.1. The summed E-state index contributed by atoms with van der Waals surface area (Å²) in [6.45, 7) is 6.16. The second-order valence-electron chi connectivity index (χ2n) is 8.72. The summed E-state index contributed by atoms with van der Waals surface area (Å²) in [4.78, 5) is 20.5. The lowest BCUT2D eigenvalue weighted by molar-refractivity contribution is 0.102. The molecule has 6 heteroatoms. The molecule has 4 rings (SSSR count). The Morgan fingerprint density at radius 3 is 2.57 bits per heavy atom. The van der Waals surface area contributed by atoms with Gasteiger partial charge in [-0.15, -0.1) is 0 Å². The van der Waals surface area contributed by atoms with Gasteiger partial charge in [-0.1, -0.05) is 12.1 Å². The third kappa shape index (κ3) is 3.79. The van der Waals surface area contributed by atoms with Gasteiger partial charge in [0.25, 0.3) is 5.91 Å². The molecule has 2 heterocycles. The van der Waals surface area contributed by atoms with E-state index in [0.29, 0.717) is 16.6 Å². The second kappa shape index (κ2) is 7.76. The number of nitrogens with zero attached hydrogens (tertiary/aromatic N) is 2. The molecule has 0 saturated carbocycles. The Bertz CT molecular complexity index is 1040. The second-order valence-corrected chi connectivity index (χ2v) is 8.72. The van der Waals surface area contributed by atoms with Gasteiger partial charge in [-0.2, -0.15) is 0 Å². The lowest BCUT2D eigenvalue weighted by Crippen LogP contribution is -2.50. The van der Waals surface area contributed by atoms with Crippen molar-refractivity contribution < 1.29 is 9.18 Å². The Kier molecular flexibility index (Phi) is 5.28. The molecule has 0 bridgehead atoms. The molecule has 1 amide bonds. The number of carbonyl (C=O) groups is 1. The summed E-state index contributed by atoms with van der Waals surface area (Å²) in [6, 6.07) is 12.6. The van der Waals surface area contributed by atoms with E-state index in [1.807, 2.05) is 25.1 Å². The first kappa shape index (κ1) is 20.4. The van der Waals surface area contributed by atoms with Gasteiger partial charge in [-0.05, 0) is 76.7 Å². The molecule has 5 nitrogen and oxygen atoms in total. The van der Waals surface area contributed by atoms with Gasteiger partial charge in [0.05, 0.1) is 5.52 Å². The van der Waals surface area contributed by atoms with Crippen molar-refractivity contribution in [3.8, 4) is 0 Å². The fourth-order valence-corrected chi connectivity index (χ4v) is 4.12. The Hall–Kier alpha value is -2.86. The zero-order valence-corrected chi connectivity index (χ0v) is 18.1. The van der Waals surface area contributed by atoms with Crippen molar-refractivity contribution >= 4 is 28.2 Å². The van der Waals surface area contributed by atoms with Gasteiger partial charge < -0.3 is 20.1 Å². The molecule has 1 aromatic heterocycles. The van der Waals surface area contributed by atoms with Gasteiger partial charge in [0.1, 0.15) is 11.5 Å². The van der Waals surface area contributed by atoms with Gasteiger partial charge in [-0.25, -0.2) is 4.39 Å². The quantitative estimate of drug-likeness (QED) is 0.653. The van der Waals surface area contributed by atoms with Crippen LogP contribution in [0.5, 0.6) is 0 Å². The number of halogens is 1. The van der Waals surface area contributed by atoms with E-state index < -0.39 is 0 Å². The normalized spacial score (nSPS) is 16.3. The summed E-state index contributed by atoms with van der Waals surface area (Å²) >= 11 is 0. The maximum Gasteiger partial charge on any atom is 0.272 e. The molecule has 1 fully saturated rings. The Labute approximate surface area is 176 Å². The van der Waals surface area contributed by atoms with Crippen LogP contribution in [0.4, 0.5) is 15.8 Å². The fraction of sp³-hybridized carbons (Fsp3) is 0.375. The molecule has 0 unspecified atom stereocenters. The molecule has 0 aliphatic carbocycles. The average molecular weight is 409 g/mol. The monoisotopic (exact) mass is 408 g/mol. The van der Waals surface area contributed by atoms with E-state index in [0.717, 1.165) is 42.9 Å². The van der Waals surface area contributed by atoms with E-state index >= 15 is 0 Å². The van der Waals surface area contributed by atoms with Gasteiger partial charge >= 0.3 is 0 Å². The van der Waals surface area contributed by atoms with Gasteiger partial charge in [-0.3, -0.25) is 4.79 Å². The van der Waals surface area contributed by atoms with Crippen molar-refractivity contribution in [2.24, 2.45) is 0 Å². The highest BCUT2D eigenvalue weighted by Crippen LogP contribution is 2.30. The van der Waals surface area contributed by atoms with Gasteiger partial charge in [0.15, 0.2) is 0 Å². The third-order valence-corrected chi connectivity index (χ3v) is 6.58. The largest absolute Gasteiger partial charge is 0.371 e. The van der Waals surface area contributed by atoms with Crippen molar-refractivity contribution in [2.45, 2.75) is 32.2 Å². The van der Waals surface area contributed by atoms with Crippen molar-refractivity contribution in [1.29, 1.82) is 0 Å². The summed E-state index contributed by atoms with van der Waals surface area (Å²) in [7, 11) is 4.28. The molecule has 0 atom stereocenters. The van der Waals surface area contributed by atoms with Crippen molar-refractivity contribution in [3.05, 3.63) is 59.5 Å². The highest BCUT2D eigenvalue weighted by molar-refractivity contribution is 6.06. The topological polar surface area (TPSA) is 51.4 Å². The number of hydrogen-bond donors (Lipinski definition) is 2. The number of aromatic nitrogens is 1. The molecule has 30 heavy (non-hydrogen) atoms. The molecule has 1 aliphatic heterocycles. The number of aryl methyl sites for hydroxylation is 1. The van der Waals surface area contributed by atoms with Crippen LogP contribution in [0.3, 0.4) is 0 Å². The Balaban J connectivity index is 1.49. The van der Waals surface area contributed by atoms with E-state index in [1.54, 1.807) is 12.1 Å². The summed E-state index contributed by atoms with van der Waals surface area (Å²) in [5, 5.41) is 3.38. The minimum atomic E-state index is -0.331. The van der Waals surface area contributed by atoms with Crippen LogP contribution in [0, 0.1) is 12.7 Å². The first-order valence-corrected chi connectivity index (χ1v) is 10.4. The number of amides is 1. The van der Waals surface area contributed by atoms with E-state index in [-0.39, 0.29) is 17.3 Å². The van der Waals surface area contributed by atoms with Crippen LogP contribution in [0.2, 0.25) is 0 Å². The van der Waals surface area contributed by atoms with E-state index in [1.165, 1.54) is 6.07 Å². The van der Waals surface area contributed by atoms with E-state index in [9.17, 15) is 9.18 Å². The molecule has 0 spiro atoms. The fourth-order valence-electron chi connectivity index (χ4n) is 4.12. The lowest BCUT2D eigenvalue weighted by Gasteiger charge is -2.44. The third-order valence-electron chi connectivity index (χ3n) is 6.58. The smallest absolute Gasteiger partial charge is 0.272 e. The number of hydrogen-bond acceptors (Lipinski definition) is 3. The lowest BCUT2D eigenvalue weighted by atomic mass is 9.88. The molecule has 2 aromatic carbocycles. The maximum absolute atomic E-state index is 14.1. The van der Waals surface area contributed by atoms with E-state index in [2.05, 4.69) is 47.2 Å². The SMILES string of the molecule is Cc1ccc(F)c2cc(C(=O)Nc3cccc(N4CCC(C)(N(C)C)CC4)c3)[nH]c12. The number of carbonyl (C=O) groups excluding carboxylic acids is 1. The van der Waals surface area contributed by atoms with E-state index in [4.69, 9.17) is 0 Å². The number of H-pyrrole nitrogens is 1. The molecule has 0 radical (unpaired) electrons. The summed E-state index contributed by atoms with van der Waals surface area (Å²) < 4.78 is 14.1.